The van der Waals surface area contributed by atoms with Crippen LogP contribution in [-0.2, 0) is 12.0 Å². The number of aromatic nitrogens is 2. The molecule has 0 radical (unpaired) electrons. The molecule has 0 spiro atoms. The van der Waals surface area contributed by atoms with Gasteiger partial charge < -0.3 is 0 Å². The predicted octanol–water partition coefficient (Wildman–Crippen LogP) is 4.49. The van der Waals surface area contributed by atoms with Crippen LogP contribution in [0.15, 0.2) is 47.4 Å². The summed E-state index contributed by atoms with van der Waals surface area (Å²) in [5, 5.41) is 3.42. The fourth-order valence-electron chi connectivity index (χ4n) is 3.67. The maximum atomic E-state index is 4.88. The zero-order chi connectivity index (χ0) is 16.4. The largest absolute Gasteiger partial charge is 0.298 e. The van der Waals surface area contributed by atoms with Crippen LogP contribution >= 0.6 is 22.7 Å². The molecule has 1 fully saturated rings. The summed E-state index contributed by atoms with van der Waals surface area (Å²) in [6.45, 7) is 5.32. The molecule has 2 aromatic heterocycles. The van der Waals surface area contributed by atoms with Crippen LogP contribution in [0, 0.1) is 6.92 Å². The van der Waals surface area contributed by atoms with Gasteiger partial charge in [0.25, 0.3) is 0 Å². The first kappa shape index (κ1) is 15.9. The molecule has 1 aromatic carbocycles. The maximum Gasteiger partial charge on any atom is 0.0897 e. The van der Waals surface area contributed by atoms with Crippen molar-refractivity contribution >= 4 is 22.7 Å². The minimum atomic E-state index is 0.0657. The van der Waals surface area contributed by atoms with Gasteiger partial charge >= 0.3 is 0 Å². The van der Waals surface area contributed by atoms with Crippen LogP contribution in [0.4, 0.5) is 0 Å². The second-order valence-electron chi connectivity index (χ2n) is 6.44. The van der Waals surface area contributed by atoms with E-state index in [1.165, 1.54) is 16.1 Å². The molecule has 124 valence electrons. The third-order valence-electron chi connectivity index (χ3n) is 5.01. The first-order valence-corrected chi connectivity index (χ1v) is 10.1. The molecule has 0 bridgehead atoms. The summed E-state index contributed by atoms with van der Waals surface area (Å²) in [7, 11) is 0. The Kier molecular flexibility index (Phi) is 4.48. The zero-order valence-corrected chi connectivity index (χ0v) is 15.4. The van der Waals surface area contributed by atoms with Crippen LogP contribution in [0.2, 0.25) is 0 Å². The predicted molar refractivity (Wildman–Crippen MR) is 101 cm³/mol. The van der Waals surface area contributed by atoms with Crippen molar-refractivity contribution < 1.29 is 0 Å². The van der Waals surface area contributed by atoms with Crippen molar-refractivity contribution in [3.63, 3.8) is 0 Å². The Hall–Kier alpha value is -1.56. The first-order valence-electron chi connectivity index (χ1n) is 8.34. The molecule has 3 aromatic rings. The Labute approximate surface area is 151 Å². The molecule has 5 heteroatoms. The molecule has 0 unspecified atom stereocenters. The van der Waals surface area contributed by atoms with Crippen LogP contribution in [-0.4, -0.2) is 28.0 Å². The SMILES string of the molecule is Cc1nc(C2(c3ccccc3)CCN(Cc3cncs3)CC2)cs1. The molecular weight excluding hydrogens is 334 g/mol. The van der Waals surface area contributed by atoms with E-state index in [0.717, 1.165) is 37.5 Å². The number of likely N-dealkylation sites (tertiary alicyclic amines) is 1. The number of hydrogen-bond donors (Lipinski definition) is 0. The molecule has 0 atom stereocenters. The van der Waals surface area contributed by atoms with E-state index >= 15 is 0 Å². The van der Waals surface area contributed by atoms with E-state index in [0.29, 0.717) is 0 Å². The average molecular weight is 356 g/mol. The number of nitrogens with zero attached hydrogens (tertiary/aromatic N) is 3. The Morgan fingerprint density at radius 1 is 1.12 bits per heavy atom. The Morgan fingerprint density at radius 3 is 2.54 bits per heavy atom. The lowest BCUT2D eigenvalue weighted by Gasteiger charge is -2.41. The van der Waals surface area contributed by atoms with Gasteiger partial charge in [-0.05, 0) is 38.4 Å². The minimum Gasteiger partial charge on any atom is -0.298 e. The van der Waals surface area contributed by atoms with Gasteiger partial charge in [0.2, 0.25) is 0 Å². The summed E-state index contributed by atoms with van der Waals surface area (Å²) in [6, 6.07) is 10.9. The molecular formula is C19H21N3S2. The van der Waals surface area contributed by atoms with E-state index in [9.17, 15) is 0 Å². The molecule has 3 heterocycles. The molecule has 0 N–H and O–H groups in total. The van der Waals surface area contributed by atoms with E-state index in [-0.39, 0.29) is 5.41 Å². The summed E-state index contributed by atoms with van der Waals surface area (Å²) >= 11 is 3.51. The summed E-state index contributed by atoms with van der Waals surface area (Å²) in [6.07, 6.45) is 4.24. The number of hydrogen-bond acceptors (Lipinski definition) is 5. The van der Waals surface area contributed by atoms with Gasteiger partial charge in [-0.15, -0.1) is 22.7 Å². The first-order chi connectivity index (χ1) is 11.8. The number of thiazole rings is 2. The minimum absolute atomic E-state index is 0.0657. The summed E-state index contributed by atoms with van der Waals surface area (Å²) < 4.78 is 0. The van der Waals surface area contributed by atoms with Crippen molar-refractivity contribution in [3.05, 3.63) is 68.6 Å². The molecule has 3 nitrogen and oxygen atoms in total. The molecule has 24 heavy (non-hydrogen) atoms. The lowest BCUT2D eigenvalue weighted by Crippen LogP contribution is -2.43. The normalized spacial score (nSPS) is 17.9. The van der Waals surface area contributed by atoms with E-state index < -0.39 is 0 Å². The number of aryl methyl sites for hydroxylation is 1. The highest BCUT2D eigenvalue weighted by Gasteiger charge is 2.39. The third kappa shape index (κ3) is 3.04. The number of benzene rings is 1. The van der Waals surface area contributed by atoms with E-state index in [1.54, 1.807) is 22.7 Å². The lowest BCUT2D eigenvalue weighted by atomic mass is 9.70. The fraction of sp³-hybridized carbons (Fsp3) is 0.368. The number of piperidine rings is 1. The third-order valence-corrected chi connectivity index (χ3v) is 6.55. The Bertz CT molecular complexity index is 772. The van der Waals surface area contributed by atoms with Gasteiger partial charge in [0.1, 0.15) is 0 Å². The van der Waals surface area contributed by atoms with Crippen molar-refractivity contribution in [2.45, 2.75) is 31.7 Å². The monoisotopic (exact) mass is 355 g/mol. The highest BCUT2D eigenvalue weighted by Crippen LogP contribution is 2.42. The molecule has 1 aliphatic heterocycles. The topological polar surface area (TPSA) is 29.0 Å². The maximum absolute atomic E-state index is 4.88. The van der Waals surface area contributed by atoms with Gasteiger partial charge in [0.05, 0.1) is 16.2 Å². The fourth-order valence-corrected chi connectivity index (χ4v) is 5.01. The van der Waals surface area contributed by atoms with Crippen LogP contribution in [0.5, 0.6) is 0 Å². The van der Waals surface area contributed by atoms with Crippen LogP contribution in [0.3, 0.4) is 0 Å². The second-order valence-corrected chi connectivity index (χ2v) is 8.48. The highest BCUT2D eigenvalue weighted by atomic mass is 32.1. The van der Waals surface area contributed by atoms with Crippen molar-refractivity contribution in [1.29, 1.82) is 0 Å². The van der Waals surface area contributed by atoms with Crippen molar-refractivity contribution in [2.75, 3.05) is 13.1 Å². The van der Waals surface area contributed by atoms with Gasteiger partial charge in [-0.25, -0.2) is 4.98 Å². The molecule has 0 aliphatic carbocycles. The summed E-state index contributed by atoms with van der Waals surface area (Å²) in [5.74, 6) is 0. The standard InChI is InChI=1S/C19H21N3S2/c1-15-21-18(13-23-15)19(16-5-3-2-4-6-16)7-9-22(10-8-19)12-17-11-20-14-24-17/h2-6,11,13-14H,7-10,12H2,1H3. The van der Waals surface area contributed by atoms with Crippen molar-refractivity contribution in [3.8, 4) is 0 Å². The van der Waals surface area contributed by atoms with E-state index in [2.05, 4.69) is 52.5 Å². The molecule has 0 amide bonds. The lowest BCUT2D eigenvalue weighted by molar-refractivity contribution is 0.171. The van der Waals surface area contributed by atoms with Crippen molar-refractivity contribution in [2.24, 2.45) is 0 Å². The average Bonchev–Trinajstić information content (AvgIpc) is 3.29. The van der Waals surface area contributed by atoms with Crippen LogP contribution < -0.4 is 0 Å². The molecule has 4 rings (SSSR count). The second kappa shape index (κ2) is 6.75. The van der Waals surface area contributed by atoms with Gasteiger partial charge in [-0.1, -0.05) is 30.3 Å². The smallest absolute Gasteiger partial charge is 0.0897 e. The zero-order valence-electron chi connectivity index (χ0n) is 13.8. The van der Waals surface area contributed by atoms with Crippen LogP contribution in [0.25, 0.3) is 0 Å². The van der Waals surface area contributed by atoms with Crippen LogP contribution in [0.1, 0.15) is 34.0 Å². The molecule has 0 saturated carbocycles. The molecule has 1 saturated heterocycles. The summed E-state index contributed by atoms with van der Waals surface area (Å²) in [5.41, 5.74) is 4.66. The highest BCUT2D eigenvalue weighted by molar-refractivity contribution is 7.09. The van der Waals surface area contributed by atoms with Gasteiger partial charge in [-0.2, -0.15) is 0 Å². The van der Waals surface area contributed by atoms with E-state index in [4.69, 9.17) is 4.98 Å². The Morgan fingerprint density at radius 2 is 1.92 bits per heavy atom. The van der Waals surface area contributed by atoms with Crippen molar-refractivity contribution in [1.82, 2.24) is 14.9 Å². The number of rotatable bonds is 4. The van der Waals surface area contributed by atoms with Gasteiger partial charge in [0, 0.05) is 28.4 Å². The Balaban J connectivity index is 1.59. The summed E-state index contributed by atoms with van der Waals surface area (Å²) in [4.78, 5) is 13.0. The van der Waals surface area contributed by atoms with Gasteiger partial charge in [0.15, 0.2) is 0 Å². The van der Waals surface area contributed by atoms with E-state index in [1.807, 2.05) is 11.7 Å². The van der Waals surface area contributed by atoms with Gasteiger partial charge in [-0.3, -0.25) is 9.88 Å². The molecule has 1 aliphatic rings. The quantitative estimate of drug-likeness (QED) is 0.690.